The zero-order chi connectivity index (χ0) is 11.4. The Kier molecular flexibility index (Phi) is 4.61. The molecule has 1 aromatic rings. The van der Waals surface area contributed by atoms with E-state index in [1.807, 2.05) is 6.07 Å². The summed E-state index contributed by atoms with van der Waals surface area (Å²) in [5.41, 5.74) is 0. The van der Waals surface area contributed by atoms with Crippen LogP contribution in [0.5, 0.6) is 0 Å². The first-order valence-electron chi connectivity index (χ1n) is 5.42. The third kappa shape index (κ3) is 3.43. The molecular formula is C11H14Br2N2O. The number of nitrogens with zero attached hydrogens (tertiary/aromatic N) is 1. The van der Waals surface area contributed by atoms with E-state index < -0.39 is 0 Å². The normalized spacial score (nSPS) is 20.8. The summed E-state index contributed by atoms with van der Waals surface area (Å²) in [5, 5.41) is 3.31. The predicted octanol–water partition coefficient (Wildman–Crippen LogP) is 3.59. The van der Waals surface area contributed by atoms with Crippen molar-refractivity contribution in [1.29, 1.82) is 0 Å². The van der Waals surface area contributed by atoms with Gasteiger partial charge in [-0.3, -0.25) is 0 Å². The lowest BCUT2D eigenvalue weighted by molar-refractivity contribution is 0.0247. The molecule has 1 aliphatic heterocycles. The number of rotatable bonds is 3. The molecule has 0 spiro atoms. The minimum absolute atomic E-state index is 0.325. The van der Waals surface area contributed by atoms with Crippen LogP contribution in [-0.4, -0.2) is 24.2 Å². The van der Waals surface area contributed by atoms with Gasteiger partial charge in [-0.15, -0.1) is 0 Å². The summed E-state index contributed by atoms with van der Waals surface area (Å²) < 4.78 is 7.59. The van der Waals surface area contributed by atoms with Crippen LogP contribution in [0.4, 0.5) is 5.82 Å². The summed E-state index contributed by atoms with van der Waals surface area (Å²) in [6.07, 6.45) is 5.71. The van der Waals surface area contributed by atoms with Gasteiger partial charge in [0.25, 0.3) is 0 Å². The number of aromatic nitrogens is 1. The summed E-state index contributed by atoms with van der Waals surface area (Å²) in [6.45, 7) is 1.72. The van der Waals surface area contributed by atoms with E-state index in [0.717, 1.165) is 34.3 Å². The van der Waals surface area contributed by atoms with Gasteiger partial charge in [0, 0.05) is 23.8 Å². The van der Waals surface area contributed by atoms with E-state index >= 15 is 0 Å². The number of halogens is 2. The fourth-order valence-corrected chi connectivity index (χ4v) is 2.85. The third-order valence-corrected chi connectivity index (χ3v) is 3.62. The molecule has 2 rings (SSSR count). The van der Waals surface area contributed by atoms with Crippen LogP contribution in [0.15, 0.2) is 21.2 Å². The van der Waals surface area contributed by atoms with Crippen molar-refractivity contribution in [2.24, 2.45) is 0 Å². The Balaban J connectivity index is 1.88. The Morgan fingerprint density at radius 3 is 3.00 bits per heavy atom. The van der Waals surface area contributed by atoms with Gasteiger partial charge in [-0.05, 0) is 57.2 Å². The molecule has 0 radical (unpaired) electrons. The summed E-state index contributed by atoms with van der Waals surface area (Å²) >= 11 is 6.86. The molecule has 16 heavy (non-hydrogen) atoms. The van der Waals surface area contributed by atoms with Crippen LogP contribution in [-0.2, 0) is 4.74 Å². The number of hydrogen-bond donors (Lipinski definition) is 1. The fourth-order valence-electron chi connectivity index (χ4n) is 1.72. The molecule has 0 amide bonds. The van der Waals surface area contributed by atoms with Gasteiger partial charge < -0.3 is 10.1 Å². The van der Waals surface area contributed by atoms with E-state index in [-0.39, 0.29) is 0 Å². The van der Waals surface area contributed by atoms with Gasteiger partial charge in [-0.2, -0.15) is 0 Å². The lowest BCUT2D eigenvalue weighted by Gasteiger charge is -2.23. The molecule has 0 bridgehead atoms. The zero-order valence-corrected chi connectivity index (χ0v) is 12.1. The predicted molar refractivity (Wildman–Crippen MR) is 71.7 cm³/mol. The van der Waals surface area contributed by atoms with E-state index in [1.54, 1.807) is 6.20 Å². The smallest absolute Gasteiger partial charge is 0.140 e. The Hall–Kier alpha value is -0.130. The standard InChI is InChI=1S/C11H14Br2N2O/c12-8-5-10(13)11(14-6-8)15-7-9-3-1-2-4-16-9/h5-6,9H,1-4,7H2,(H,14,15). The van der Waals surface area contributed by atoms with Crippen molar-refractivity contribution in [2.45, 2.75) is 25.4 Å². The molecule has 2 heterocycles. The second kappa shape index (κ2) is 5.98. The Morgan fingerprint density at radius 1 is 1.44 bits per heavy atom. The number of pyridine rings is 1. The second-order valence-electron chi connectivity index (χ2n) is 3.85. The minimum Gasteiger partial charge on any atom is -0.376 e. The molecule has 1 unspecified atom stereocenters. The van der Waals surface area contributed by atoms with Gasteiger partial charge in [-0.1, -0.05) is 0 Å². The molecule has 1 atom stereocenters. The first-order valence-corrected chi connectivity index (χ1v) is 7.01. The molecule has 3 nitrogen and oxygen atoms in total. The average Bonchev–Trinajstić information content (AvgIpc) is 2.29. The van der Waals surface area contributed by atoms with E-state index in [9.17, 15) is 0 Å². The first kappa shape index (κ1) is 12.3. The Labute approximate surface area is 112 Å². The molecule has 1 N–H and O–H groups in total. The maximum absolute atomic E-state index is 5.65. The number of nitrogens with one attached hydrogen (secondary N) is 1. The summed E-state index contributed by atoms with van der Waals surface area (Å²) in [7, 11) is 0. The van der Waals surface area contributed by atoms with Crippen molar-refractivity contribution in [3.63, 3.8) is 0 Å². The van der Waals surface area contributed by atoms with Crippen molar-refractivity contribution < 1.29 is 4.74 Å². The van der Waals surface area contributed by atoms with Gasteiger partial charge in [0.1, 0.15) is 5.82 Å². The zero-order valence-electron chi connectivity index (χ0n) is 8.88. The van der Waals surface area contributed by atoms with Crippen LogP contribution in [0.25, 0.3) is 0 Å². The van der Waals surface area contributed by atoms with Crippen LogP contribution < -0.4 is 5.32 Å². The van der Waals surface area contributed by atoms with Crippen molar-refractivity contribution in [3.8, 4) is 0 Å². The van der Waals surface area contributed by atoms with Crippen LogP contribution in [0.1, 0.15) is 19.3 Å². The summed E-state index contributed by atoms with van der Waals surface area (Å²) in [4.78, 5) is 4.30. The van der Waals surface area contributed by atoms with Crippen molar-refractivity contribution >= 4 is 37.7 Å². The van der Waals surface area contributed by atoms with Gasteiger partial charge in [0.2, 0.25) is 0 Å². The molecule has 1 fully saturated rings. The molecule has 88 valence electrons. The van der Waals surface area contributed by atoms with Gasteiger partial charge in [0.15, 0.2) is 0 Å². The third-order valence-electron chi connectivity index (χ3n) is 2.58. The van der Waals surface area contributed by atoms with Crippen LogP contribution in [0.2, 0.25) is 0 Å². The fraction of sp³-hybridized carbons (Fsp3) is 0.545. The molecule has 0 aliphatic carbocycles. The summed E-state index contributed by atoms with van der Waals surface area (Å²) in [6, 6.07) is 1.98. The van der Waals surface area contributed by atoms with Gasteiger partial charge in [0.05, 0.1) is 10.6 Å². The van der Waals surface area contributed by atoms with Gasteiger partial charge in [-0.25, -0.2) is 4.98 Å². The maximum atomic E-state index is 5.65. The van der Waals surface area contributed by atoms with Crippen molar-refractivity contribution in [1.82, 2.24) is 4.98 Å². The van der Waals surface area contributed by atoms with E-state index in [4.69, 9.17) is 4.74 Å². The van der Waals surface area contributed by atoms with Crippen LogP contribution in [0.3, 0.4) is 0 Å². The molecule has 1 aliphatic rings. The first-order chi connectivity index (χ1) is 7.75. The quantitative estimate of drug-likeness (QED) is 0.905. The SMILES string of the molecule is Brc1cnc(NCC2CCCCO2)c(Br)c1. The topological polar surface area (TPSA) is 34.2 Å². The van der Waals surface area contributed by atoms with Gasteiger partial charge >= 0.3 is 0 Å². The van der Waals surface area contributed by atoms with E-state index in [2.05, 4.69) is 42.2 Å². The van der Waals surface area contributed by atoms with Crippen molar-refractivity contribution in [3.05, 3.63) is 21.2 Å². The molecule has 1 aromatic heterocycles. The molecule has 0 saturated carbocycles. The Morgan fingerprint density at radius 2 is 2.31 bits per heavy atom. The van der Waals surface area contributed by atoms with Crippen LogP contribution in [0, 0.1) is 0 Å². The highest BCUT2D eigenvalue weighted by atomic mass is 79.9. The highest BCUT2D eigenvalue weighted by Gasteiger charge is 2.14. The second-order valence-corrected chi connectivity index (χ2v) is 5.62. The van der Waals surface area contributed by atoms with E-state index in [0.29, 0.717) is 6.10 Å². The van der Waals surface area contributed by atoms with Crippen LogP contribution >= 0.6 is 31.9 Å². The lowest BCUT2D eigenvalue weighted by Crippen LogP contribution is -2.27. The highest BCUT2D eigenvalue weighted by molar-refractivity contribution is 9.11. The molecule has 5 heteroatoms. The largest absolute Gasteiger partial charge is 0.376 e. The average molecular weight is 350 g/mol. The van der Waals surface area contributed by atoms with Crippen molar-refractivity contribution in [2.75, 3.05) is 18.5 Å². The number of hydrogen-bond acceptors (Lipinski definition) is 3. The molecule has 1 saturated heterocycles. The minimum atomic E-state index is 0.325. The Bertz CT molecular complexity index is 354. The number of ether oxygens (including phenoxy) is 1. The number of anilines is 1. The lowest BCUT2D eigenvalue weighted by atomic mass is 10.1. The van der Waals surface area contributed by atoms with E-state index in [1.165, 1.54) is 12.8 Å². The molecule has 0 aromatic carbocycles. The maximum Gasteiger partial charge on any atom is 0.140 e. The highest BCUT2D eigenvalue weighted by Crippen LogP contribution is 2.24. The summed E-state index contributed by atoms with van der Waals surface area (Å²) in [5.74, 6) is 0.873. The monoisotopic (exact) mass is 348 g/mol. The molecular weight excluding hydrogens is 336 g/mol.